The molecule has 0 spiro atoms. The van der Waals surface area contributed by atoms with Gasteiger partial charge in [0.1, 0.15) is 0 Å². The molecule has 0 bridgehead atoms. The average molecular weight is 1600 g/mol. The Labute approximate surface area is 729 Å². The Balaban J connectivity index is 0.000000158. The molecule has 0 amide bonds. The Morgan fingerprint density at radius 2 is 0.298 bits per heavy atom. The van der Waals surface area contributed by atoms with Gasteiger partial charge in [0.05, 0.1) is 22.1 Å². The van der Waals surface area contributed by atoms with E-state index in [1.54, 1.807) is 0 Å². The van der Waals surface area contributed by atoms with Crippen LogP contribution in [0, 0.1) is 111 Å². The number of para-hydroxylation sites is 4. The lowest BCUT2D eigenvalue weighted by atomic mass is 9.76. The molecule has 0 saturated carbocycles. The quantitative estimate of drug-likeness (QED) is 0.114. The second-order valence-corrected chi connectivity index (χ2v) is 35.0. The summed E-state index contributed by atoms with van der Waals surface area (Å²) < 4.78 is 4.77. The van der Waals surface area contributed by atoms with Crippen molar-refractivity contribution < 1.29 is 0 Å². The summed E-state index contributed by atoms with van der Waals surface area (Å²) in [5, 5.41) is 16.0. The van der Waals surface area contributed by atoms with Gasteiger partial charge in [-0.2, -0.15) is 0 Å². The van der Waals surface area contributed by atoms with Crippen molar-refractivity contribution in [1.82, 2.24) is 9.13 Å². The minimum Gasteiger partial charge on any atom is -0.309 e. The molecule has 21 aromatic rings. The van der Waals surface area contributed by atoms with E-state index in [9.17, 15) is 0 Å². The van der Waals surface area contributed by atoms with Crippen molar-refractivity contribution in [3.8, 4) is 112 Å². The fraction of sp³-hybridized carbons (Fsp3) is 0.131. The van der Waals surface area contributed by atoms with Gasteiger partial charge in [-0.15, -0.1) is 0 Å². The van der Waals surface area contributed by atoms with E-state index in [0.717, 1.165) is 0 Å². The highest BCUT2D eigenvalue weighted by atomic mass is 15.0. The van der Waals surface area contributed by atoms with Gasteiger partial charge < -0.3 is 9.13 Å². The van der Waals surface area contributed by atoms with Crippen LogP contribution in [0.25, 0.3) is 198 Å². The summed E-state index contributed by atoms with van der Waals surface area (Å²) in [7, 11) is 0. The zero-order valence-electron chi connectivity index (χ0n) is 74.1. The smallest absolute Gasteiger partial charge is 0.0541 e. The van der Waals surface area contributed by atoms with Gasteiger partial charge in [0.15, 0.2) is 0 Å². The molecule has 19 aromatic carbocycles. The number of benzene rings is 19. The normalized spacial score (nSPS) is 11.7. The van der Waals surface area contributed by atoms with E-state index in [1.807, 2.05) is 0 Å². The number of hydrogen-bond acceptors (Lipinski definition) is 0. The van der Waals surface area contributed by atoms with Gasteiger partial charge in [-0.05, 0) is 404 Å². The van der Waals surface area contributed by atoms with Crippen LogP contribution in [-0.4, -0.2) is 9.13 Å². The largest absolute Gasteiger partial charge is 0.309 e. The second-order valence-electron chi connectivity index (χ2n) is 35.0. The third-order valence-electron chi connectivity index (χ3n) is 28.9. The molecular formula is C122H102N2. The van der Waals surface area contributed by atoms with E-state index in [0.29, 0.717) is 0 Å². The van der Waals surface area contributed by atoms with Gasteiger partial charge in [-0.1, -0.05) is 267 Å². The topological polar surface area (TPSA) is 9.86 Å². The molecule has 0 unspecified atom stereocenters. The number of fused-ring (bicyclic) bond motifs is 10. The monoisotopic (exact) mass is 1590 g/mol. The zero-order valence-corrected chi connectivity index (χ0v) is 74.1. The summed E-state index contributed by atoms with van der Waals surface area (Å²) in [5.41, 5.74) is 51.8. The molecule has 0 saturated heterocycles. The molecule has 0 atom stereocenters. The zero-order chi connectivity index (χ0) is 85.4. The second kappa shape index (κ2) is 31.1. The summed E-state index contributed by atoms with van der Waals surface area (Å²) in [6.45, 7) is 37.3. The Morgan fingerprint density at radius 3 is 0.532 bits per heavy atom. The summed E-state index contributed by atoms with van der Waals surface area (Å²) in [6, 6.07) is 121. The van der Waals surface area contributed by atoms with Crippen LogP contribution in [0.2, 0.25) is 0 Å². The Morgan fingerprint density at radius 1 is 0.129 bits per heavy atom. The number of nitrogens with zero attached hydrogens (tertiary/aromatic N) is 2. The molecule has 2 heteroatoms. The molecular weight excluding hydrogens is 1490 g/mol. The highest BCUT2D eigenvalue weighted by Gasteiger charge is 2.30. The third-order valence-corrected chi connectivity index (χ3v) is 28.9. The Bertz CT molecular complexity index is 7730. The Kier molecular flexibility index (Phi) is 19.6. The Hall–Kier alpha value is -14.2. The first-order valence-corrected chi connectivity index (χ1v) is 44.0. The minimum atomic E-state index is 1.18. The molecule has 2 aromatic heterocycles. The van der Waals surface area contributed by atoms with Crippen LogP contribution >= 0.6 is 0 Å². The van der Waals surface area contributed by atoms with E-state index >= 15 is 0 Å². The van der Waals surface area contributed by atoms with Gasteiger partial charge >= 0.3 is 0 Å². The lowest BCUT2D eigenvalue weighted by Crippen LogP contribution is -2.03. The molecule has 0 radical (unpaired) electrons. The molecule has 600 valence electrons. The molecule has 0 N–H and O–H groups in total. The fourth-order valence-electron chi connectivity index (χ4n) is 20.9. The predicted octanol–water partition coefficient (Wildman–Crippen LogP) is 34.1. The van der Waals surface area contributed by atoms with Gasteiger partial charge in [-0.3, -0.25) is 0 Å². The van der Waals surface area contributed by atoms with E-state index in [-0.39, 0.29) is 0 Å². The number of aryl methyl sites for hydroxylation is 8. The van der Waals surface area contributed by atoms with Crippen molar-refractivity contribution in [3.63, 3.8) is 0 Å². The SMILES string of the molecule is Cc1c(C)c(C)c2c(-c3ccc(-c4ccc5c(c4)c4ccccc4n5-c4ccccc4)cc3)c3c(C)c(C)c(C)c(C)c3c(-c3ccc(-c4ccc(-c5ccccc5)cc4)cc3)c2c1C.Cc1c(C)c(C)c2c(-c3ccc(-c4ccc5c(c4)c4ccccc4n5-c4ccccc4)cc3)c3c(C)c(C)c(C)c(C)c3c(-c3ccc(-c4ccccc4)cc3)c2c1C. The number of rotatable bonds is 11. The molecule has 124 heavy (non-hydrogen) atoms. The number of hydrogen-bond donors (Lipinski definition) is 0. The maximum absolute atomic E-state index is 2.39. The molecule has 2 heterocycles. The van der Waals surface area contributed by atoms with Crippen LogP contribution in [0.15, 0.2) is 328 Å². The maximum atomic E-state index is 2.39. The van der Waals surface area contributed by atoms with Crippen LogP contribution < -0.4 is 0 Å². The van der Waals surface area contributed by atoms with Crippen molar-refractivity contribution in [2.24, 2.45) is 0 Å². The number of aromatic nitrogens is 2. The fourth-order valence-corrected chi connectivity index (χ4v) is 20.9. The van der Waals surface area contributed by atoms with Gasteiger partial charge in [0.2, 0.25) is 0 Å². The van der Waals surface area contributed by atoms with E-state index in [2.05, 4.69) is 447 Å². The van der Waals surface area contributed by atoms with Gasteiger partial charge in [0.25, 0.3) is 0 Å². The van der Waals surface area contributed by atoms with E-state index in [4.69, 9.17) is 0 Å². The summed E-state index contributed by atoms with van der Waals surface area (Å²) in [5.74, 6) is 0. The lowest BCUT2D eigenvalue weighted by molar-refractivity contribution is 1.18. The first kappa shape index (κ1) is 78.4. The molecule has 0 fully saturated rings. The minimum absolute atomic E-state index is 1.18. The van der Waals surface area contributed by atoms with Crippen LogP contribution in [0.4, 0.5) is 0 Å². The molecule has 0 aliphatic carbocycles. The first-order chi connectivity index (χ1) is 60.2. The van der Waals surface area contributed by atoms with Crippen LogP contribution in [0.3, 0.4) is 0 Å². The van der Waals surface area contributed by atoms with Gasteiger partial charge in [0, 0.05) is 32.9 Å². The summed E-state index contributed by atoms with van der Waals surface area (Å²) in [4.78, 5) is 0. The van der Waals surface area contributed by atoms with Crippen molar-refractivity contribution in [3.05, 3.63) is 417 Å². The summed E-state index contributed by atoms with van der Waals surface area (Å²) in [6.07, 6.45) is 0. The van der Waals surface area contributed by atoms with Crippen molar-refractivity contribution >= 4 is 86.7 Å². The van der Waals surface area contributed by atoms with Crippen molar-refractivity contribution in [1.29, 1.82) is 0 Å². The van der Waals surface area contributed by atoms with E-state index < -0.39 is 0 Å². The highest BCUT2D eigenvalue weighted by molar-refractivity contribution is 6.27. The molecule has 0 aliphatic heterocycles. The first-order valence-electron chi connectivity index (χ1n) is 44.0. The lowest BCUT2D eigenvalue weighted by Gasteiger charge is -2.27. The standard InChI is InChI=1S/C64H53N.C58H49N/c1-38-40(3)44(7)61-59(42(38)5)63(51-31-27-49(28-32-51)48-25-23-47(24-26-48)46-17-11-9-12-18-46)60-43(6)39(2)41(4)45(8)62(60)64(61)52-33-29-50(30-34-52)53-35-36-58-56(37-53)55-21-15-16-22-57(55)65(58)54-19-13-10-14-20-54;1-34-36(3)40(7)55-53(38(34)5)57(45-27-23-43(24-28-45)42-17-11-9-12-18-42)54-39(6)35(2)37(4)41(8)56(54)58(55)46-29-25-44(26-30-46)47-31-32-52-50(33-47)49-21-15-16-22-51(49)59(52)48-19-13-10-14-20-48/h9-37H,1-8H3;9-33H,1-8H3. The maximum Gasteiger partial charge on any atom is 0.0541 e. The highest BCUT2D eigenvalue weighted by Crippen LogP contribution is 2.54. The molecule has 0 aliphatic rings. The predicted molar refractivity (Wildman–Crippen MR) is 536 cm³/mol. The molecule has 2 nitrogen and oxygen atoms in total. The van der Waals surface area contributed by atoms with E-state index in [1.165, 1.54) is 287 Å². The van der Waals surface area contributed by atoms with Crippen molar-refractivity contribution in [2.75, 3.05) is 0 Å². The third kappa shape index (κ3) is 12.7. The van der Waals surface area contributed by atoms with Crippen LogP contribution in [-0.2, 0) is 0 Å². The molecule has 21 rings (SSSR count). The van der Waals surface area contributed by atoms with Crippen molar-refractivity contribution in [2.45, 2.75) is 111 Å². The summed E-state index contributed by atoms with van der Waals surface area (Å²) >= 11 is 0. The average Bonchev–Trinajstić information content (AvgIpc) is 0.923. The van der Waals surface area contributed by atoms with Gasteiger partial charge in [-0.25, -0.2) is 0 Å². The van der Waals surface area contributed by atoms with Crippen LogP contribution in [0.1, 0.15) is 89.0 Å². The van der Waals surface area contributed by atoms with Crippen LogP contribution in [0.5, 0.6) is 0 Å².